The highest BCUT2D eigenvalue weighted by Gasteiger charge is 2.42. The van der Waals surface area contributed by atoms with E-state index in [1.165, 1.54) is 0 Å². The number of fused-ring (bicyclic) bond motifs is 1. The van der Waals surface area contributed by atoms with Gasteiger partial charge in [0.25, 0.3) is 0 Å². The first-order chi connectivity index (χ1) is 13.9. The largest absolute Gasteiger partial charge is 0.394 e. The van der Waals surface area contributed by atoms with Crippen molar-refractivity contribution in [1.82, 2.24) is 0 Å². The van der Waals surface area contributed by atoms with Gasteiger partial charge < -0.3 is 20.1 Å². The first kappa shape index (κ1) is 20.6. The average molecular weight is 433 g/mol. The van der Waals surface area contributed by atoms with Crippen LogP contribution < -0.4 is 0 Å². The van der Waals surface area contributed by atoms with Crippen LogP contribution in [0.1, 0.15) is 18.6 Å². The van der Waals surface area contributed by atoms with Crippen molar-refractivity contribution >= 4 is 34.0 Å². The molecule has 4 rings (SSSR count). The molecule has 0 radical (unpaired) electrons. The van der Waals surface area contributed by atoms with Crippen LogP contribution in [0.25, 0.3) is 21.9 Å². The summed E-state index contributed by atoms with van der Waals surface area (Å²) in [7, 11) is 0. The minimum Gasteiger partial charge on any atom is -0.394 e. The number of aliphatic hydroxyl groups excluding tert-OH is 3. The lowest BCUT2D eigenvalue weighted by Crippen LogP contribution is -2.50. The summed E-state index contributed by atoms with van der Waals surface area (Å²) >= 11 is 12.2. The molecule has 0 aromatic heterocycles. The van der Waals surface area contributed by atoms with Crippen LogP contribution in [0.3, 0.4) is 0 Å². The lowest BCUT2D eigenvalue weighted by molar-refractivity contribution is -0.206. The van der Waals surface area contributed by atoms with Gasteiger partial charge in [-0.25, -0.2) is 0 Å². The molecule has 3 aromatic rings. The van der Waals surface area contributed by atoms with E-state index >= 15 is 0 Å². The van der Waals surface area contributed by atoms with Crippen molar-refractivity contribution in [3.63, 3.8) is 0 Å². The lowest BCUT2D eigenvalue weighted by Gasteiger charge is -2.41. The molecule has 5 unspecified atom stereocenters. The van der Waals surface area contributed by atoms with E-state index in [9.17, 15) is 15.3 Å². The van der Waals surface area contributed by atoms with Gasteiger partial charge in [0.1, 0.15) is 12.2 Å². The Bertz CT molecular complexity index is 1020. The van der Waals surface area contributed by atoms with Crippen LogP contribution in [0.2, 0.25) is 10.0 Å². The van der Waals surface area contributed by atoms with E-state index in [1.54, 1.807) is 13.0 Å². The summed E-state index contributed by atoms with van der Waals surface area (Å²) in [6, 6.07) is 17.2. The molecule has 6 heteroatoms. The molecule has 29 heavy (non-hydrogen) atoms. The van der Waals surface area contributed by atoms with Crippen molar-refractivity contribution in [1.29, 1.82) is 0 Å². The normalized spacial score (nSPS) is 27.3. The van der Waals surface area contributed by atoms with Gasteiger partial charge in [-0.15, -0.1) is 0 Å². The predicted octanol–water partition coefficient (Wildman–Crippen LogP) is 4.60. The maximum atomic E-state index is 10.5. The second kappa shape index (κ2) is 8.23. The molecule has 152 valence electrons. The summed E-state index contributed by atoms with van der Waals surface area (Å²) in [5, 5.41) is 33.5. The smallest absolute Gasteiger partial charge is 0.111 e. The Morgan fingerprint density at radius 1 is 0.828 bits per heavy atom. The third kappa shape index (κ3) is 4.02. The van der Waals surface area contributed by atoms with E-state index in [0.717, 1.165) is 27.5 Å². The van der Waals surface area contributed by atoms with Gasteiger partial charge in [-0.2, -0.15) is 0 Å². The maximum Gasteiger partial charge on any atom is 0.111 e. The number of hydrogen-bond acceptors (Lipinski definition) is 4. The highest BCUT2D eigenvalue weighted by atomic mass is 35.5. The predicted molar refractivity (Wildman–Crippen MR) is 115 cm³/mol. The molecule has 4 nitrogen and oxygen atoms in total. The molecule has 0 aliphatic carbocycles. The molecule has 1 fully saturated rings. The van der Waals surface area contributed by atoms with Gasteiger partial charge in [-0.3, -0.25) is 0 Å². The molecular weight excluding hydrogens is 411 g/mol. The van der Waals surface area contributed by atoms with Gasteiger partial charge in [-0.05, 0) is 57.8 Å². The third-order valence-electron chi connectivity index (χ3n) is 5.68. The third-order valence-corrected chi connectivity index (χ3v) is 6.11. The zero-order valence-electron chi connectivity index (χ0n) is 15.8. The summed E-state index contributed by atoms with van der Waals surface area (Å²) in [6.07, 6.45) is -3.24. The van der Waals surface area contributed by atoms with Crippen LogP contribution in [-0.4, -0.2) is 40.2 Å². The highest BCUT2D eigenvalue weighted by Crippen LogP contribution is 2.37. The Labute approximate surface area is 179 Å². The molecule has 0 amide bonds. The Kier molecular flexibility index (Phi) is 5.85. The second-order valence-corrected chi connectivity index (χ2v) is 8.47. The van der Waals surface area contributed by atoms with Gasteiger partial charge in [0, 0.05) is 16.0 Å². The zero-order chi connectivity index (χ0) is 20.7. The number of aliphatic hydroxyl groups is 3. The number of hydrogen-bond donors (Lipinski definition) is 3. The zero-order valence-corrected chi connectivity index (χ0v) is 17.3. The van der Waals surface area contributed by atoms with Crippen LogP contribution in [0.15, 0.2) is 54.6 Å². The molecule has 1 saturated heterocycles. The van der Waals surface area contributed by atoms with Crippen molar-refractivity contribution in [2.75, 3.05) is 6.61 Å². The Morgan fingerprint density at radius 2 is 1.48 bits per heavy atom. The Morgan fingerprint density at radius 3 is 2.17 bits per heavy atom. The van der Waals surface area contributed by atoms with Crippen LogP contribution >= 0.6 is 23.2 Å². The molecule has 0 bridgehead atoms. The number of ether oxygens (including phenoxy) is 1. The standard InChI is InChI=1S/C23H22Cl2O4/c1-12-20(11-26)29-23(22(28)21(12)27)16-5-4-13-6-15(3-2-14(13)7-16)17-8-18(24)10-19(25)9-17/h2-10,12,20-23,26-28H,11H2,1H3. The van der Waals surface area contributed by atoms with Crippen molar-refractivity contribution in [3.8, 4) is 11.1 Å². The maximum absolute atomic E-state index is 10.5. The van der Waals surface area contributed by atoms with E-state index in [2.05, 4.69) is 0 Å². The van der Waals surface area contributed by atoms with Crippen LogP contribution in [0.5, 0.6) is 0 Å². The van der Waals surface area contributed by atoms with Gasteiger partial charge in [0.15, 0.2) is 0 Å². The van der Waals surface area contributed by atoms with E-state index in [0.29, 0.717) is 10.0 Å². The summed E-state index contributed by atoms with van der Waals surface area (Å²) < 4.78 is 5.90. The molecule has 1 heterocycles. The monoisotopic (exact) mass is 432 g/mol. The molecule has 1 aliphatic heterocycles. The summed E-state index contributed by atoms with van der Waals surface area (Å²) in [5.74, 6) is -0.348. The molecule has 0 saturated carbocycles. The van der Waals surface area contributed by atoms with E-state index in [-0.39, 0.29) is 12.5 Å². The molecule has 1 aliphatic rings. The fraction of sp³-hybridized carbons (Fsp3) is 0.304. The van der Waals surface area contributed by atoms with Gasteiger partial charge in [0.05, 0.1) is 18.8 Å². The van der Waals surface area contributed by atoms with Gasteiger partial charge >= 0.3 is 0 Å². The van der Waals surface area contributed by atoms with Crippen LogP contribution in [-0.2, 0) is 4.74 Å². The van der Waals surface area contributed by atoms with Crippen LogP contribution in [0.4, 0.5) is 0 Å². The SMILES string of the molecule is CC1C(CO)OC(c2ccc3cc(-c4cc(Cl)cc(Cl)c4)ccc3c2)C(O)C1O. The molecule has 3 aromatic carbocycles. The molecular formula is C23H22Cl2O4. The fourth-order valence-electron chi connectivity index (χ4n) is 3.93. The summed E-state index contributed by atoms with van der Waals surface area (Å²) in [5.41, 5.74) is 2.68. The van der Waals surface area contributed by atoms with Crippen LogP contribution in [0, 0.1) is 5.92 Å². The number of halogens is 2. The quantitative estimate of drug-likeness (QED) is 0.565. The topological polar surface area (TPSA) is 69.9 Å². The van der Waals surface area contributed by atoms with Gasteiger partial charge in [-0.1, -0.05) is 54.4 Å². The highest BCUT2D eigenvalue weighted by molar-refractivity contribution is 6.35. The first-order valence-electron chi connectivity index (χ1n) is 9.50. The summed E-state index contributed by atoms with van der Waals surface area (Å²) in [6.45, 7) is 1.55. The Hall–Kier alpha value is -1.66. The summed E-state index contributed by atoms with van der Waals surface area (Å²) in [4.78, 5) is 0. The van der Waals surface area contributed by atoms with E-state index in [4.69, 9.17) is 27.9 Å². The Balaban J connectivity index is 1.68. The van der Waals surface area contributed by atoms with Gasteiger partial charge in [0.2, 0.25) is 0 Å². The van der Waals surface area contributed by atoms with E-state index in [1.807, 2.05) is 48.5 Å². The average Bonchev–Trinajstić information content (AvgIpc) is 2.71. The lowest BCUT2D eigenvalue weighted by atomic mass is 9.85. The van der Waals surface area contributed by atoms with Crippen molar-refractivity contribution < 1.29 is 20.1 Å². The van der Waals surface area contributed by atoms with Crippen molar-refractivity contribution in [2.45, 2.75) is 31.3 Å². The molecule has 5 atom stereocenters. The first-order valence-corrected chi connectivity index (χ1v) is 10.3. The minimum atomic E-state index is -1.06. The molecule has 0 spiro atoms. The fourth-order valence-corrected chi connectivity index (χ4v) is 4.46. The number of rotatable bonds is 3. The second-order valence-electron chi connectivity index (χ2n) is 7.60. The molecule has 3 N–H and O–H groups in total. The van der Waals surface area contributed by atoms with E-state index < -0.39 is 24.4 Å². The van der Waals surface area contributed by atoms with Crippen molar-refractivity contribution in [3.05, 3.63) is 70.2 Å². The van der Waals surface area contributed by atoms with Crippen molar-refractivity contribution in [2.24, 2.45) is 5.92 Å². The minimum absolute atomic E-state index is 0.208. The number of benzene rings is 3.